The fraction of sp³-hybridized carbons (Fsp3) is 0.467. The van der Waals surface area contributed by atoms with E-state index in [2.05, 4.69) is 52.1 Å². The third-order valence-corrected chi connectivity index (χ3v) is 3.17. The van der Waals surface area contributed by atoms with E-state index in [0.29, 0.717) is 6.04 Å². The average molecular weight is 258 g/mol. The molecule has 1 atom stereocenters. The highest BCUT2D eigenvalue weighted by atomic mass is 15.3. The second kappa shape index (κ2) is 5.97. The molecule has 0 amide bonds. The first-order valence-electron chi connectivity index (χ1n) is 6.70. The van der Waals surface area contributed by atoms with Crippen molar-refractivity contribution in [2.75, 3.05) is 0 Å². The molecule has 0 saturated carbocycles. The van der Waals surface area contributed by atoms with Crippen molar-refractivity contribution >= 4 is 0 Å². The molecule has 4 nitrogen and oxygen atoms in total. The van der Waals surface area contributed by atoms with Crippen molar-refractivity contribution in [1.82, 2.24) is 20.1 Å². The third-order valence-electron chi connectivity index (χ3n) is 3.17. The summed E-state index contributed by atoms with van der Waals surface area (Å²) in [4.78, 5) is 4.21. The van der Waals surface area contributed by atoms with Crippen LogP contribution in [0.3, 0.4) is 0 Å². The lowest BCUT2D eigenvalue weighted by atomic mass is 10.2. The molecule has 102 valence electrons. The number of pyridine rings is 1. The Morgan fingerprint density at radius 2 is 2.00 bits per heavy atom. The van der Waals surface area contributed by atoms with Crippen LogP contribution >= 0.6 is 0 Å². The number of rotatable bonds is 5. The van der Waals surface area contributed by atoms with E-state index in [9.17, 15) is 0 Å². The van der Waals surface area contributed by atoms with Gasteiger partial charge in [0.25, 0.3) is 0 Å². The molecule has 0 aliphatic rings. The van der Waals surface area contributed by atoms with Crippen molar-refractivity contribution in [3.8, 4) is 0 Å². The van der Waals surface area contributed by atoms with E-state index in [1.165, 1.54) is 11.3 Å². The van der Waals surface area contributed by atoms with E-state index in [-0.39, 0.29) is 0 Å². The van der Waals surface area contributed by atoms with Crippen LogP contribution in [-0.4, -0.2) is 20.8 Å². The van der Waals surface area contributed by atoms with E-state index in [1.807, 2.05) is 20.0 Å². The van der Waals surface area contributed by atoms with Gasteiger partial charge in [-0.3, -0.25) is 9.67 Å². The second-order valence-electron chi connectivity index (χ2n) is 5.20. The molecule has 0 aromatic carbocycles. The minimum atomic E-state index is 0.381. The summed E-state index contributed by atoms with van der Waals surface area (Å²) in [6.07, 6.45) is 1.86. The summed E-state index contributed by atoms with van der Waals surface area (Å²) < 4.78 is 2.06. The van der Waals surface area contributed by atoms with Crippen LogP contribution in [-0.2, 0) is 13.1 Å². The van der Waals surface area contributed by atoms with E-state index >= 15 is 0 Å². The summed E-state index contributed by atoms with van der Waals surface area (Å²) in [5.41, 5.74) is 4.62. The molecule has 0 saturated heterocycles. The Bertz CT molecular complexity index is 545. The van der Waals surface area contributed by atoms with E-state index in [0.717, 1.165) is 24.5 Å². The Morgan fingerprint density at radius 1 is 1.21 bits per heavy atom. The molecule has 0 bridgehead atoms. The van der Waals surface area contributed by atoms with Crippen molar-refractivity contribution in [1.29, 1.82) is 0 Å². The maximum absolute atomic E-state index is 4.49. The molecule has 19 heavy (non-hydrogen) atoms. The van der Waals surface area contributed by atoms with E-state index in [1.54, 1.807) is 0 Å². The highest BCUT2D eigenvalue weighted by Crippen LogP contribution is 2.04. The molecule has 0 aliphatic heterocycles. The number of aromatic nitrogens is 3. The monoisotopic (exact) mass is 258 g/mol. The van der Waals surface area contributed by atoms with Gasteiger partial charge in [0, 0.05) is 30.2 Å². The predicted octanol–water partition coefficient (Wildman–Crippen LogP) is 2.38. The van der Waals surface area contributed by atoms with Gasteiger partial charge in [0.15, 0.2) is 0 Å². The largest absolute Gasteiger partial charge is 0.308 e. The lowest BCUT2D eigenvalue weighted by Crippen LogP contribution is -2.30. The van der Waals surface area contributed by atoms with Crippen molar-refractivity contribution in [2.45, 2.75) is 46.8 Å². The van der Waals surface area contributed by atoms with Gasteiger partial charge in [0.2, 0.25) is 0 Å². The summed E-state index contributed by atoms with van der Waals surface area (Å²) in [6.45, 7) is 10.1. The van der Waals surface area contributed by atoms with Gasteiger partial charge in [0.05, 0.1) is 12.2 Å². The maximum Gasteiger partial charge on any atom is 0.0596 e. The Morgan fingerprint density at radius 3 is 2.63 bits per heavy atom. The van der Waals surface area contributed by atoms with Gasteiger partial charge >= 0.3 is 0 Å². The molecule has 2 rings (SSSR count). The first kappa shape index (κ1) is 13.7. The molecule has 0 fully saturated rings. The quantitative estimate of drug-likeness (QED) is 0.895. The van der Waals surface area contributed by atoms with Gasteiger partial charge in [-0.2, -0.15) is 5.10 Å². The summed E-state index contributed by atoms with van der Waals surface area (Å²) in [5.74, 6) is 0. The second-order valence-corrected chi connectivity index (χ2v) is 5.20. The Hall–Kier alpha value is -1.68. The molecule has 1 N–H and O–H groups in total. The number of nitrogens with zero attached hydrogens (tertiary/aromatic N) is 3. The van der Waals surface area contributed by atoms with Crippen LogP contribution in [0.1, 0.15) is 29.6 Å². The first-order valence-corrected chi connectivity index (χ1v) is 6.70. The van der Waals surface area contributed by atoms with Crippen LogP contribution in [0.2, 0.25) is 0 Å². The lowest BCUT2D eigenvalue weighted by molar-refractivity contribution is 0.444. The van der Waals surface area contributed by atoms with Gasteiger partial charge in [-0.05, 0) is 51.5 Å². The van der Waals surface area contributed by atoms with E-state index < -0.39 is 0 Å². The van der Waals surface area contributed by atoms with Crippen LogP contribution in [0.15, 0.2) is 24.4 Å². The number of nitrogens with one attached hydrogen (secondary N) is 1. The van der Waals surface area contributed by atoms with Crippen LogP contribution in [0.4, 0.5) is 0 Å². The fourth-order valence-corrected chi connectivity index (χ4v) is 2.19. The van der Waals surface area contributed by atoms with Crippen molar-refractivity contribution in [2.24, 2.45) is 0 Å². The van der Waals surface area contributed by atoms with Crippen LogP contribution in [0, 0.1) is 20.8 Å². The zero-order valence-electron chi connectivity index (χ0n) is 12.1. The molecule has 2 heterocycles. The highest BCUT2D eigenvalue weighted by molar-refractivity contribution is 5.15. The molecule has 0 aliphatic carbocycles. The van der Waals surface area contributed by atoms with Crippen LogP contribution < -0.4 is 5.32 Å². The van der Waals surface area contributed by atoms with Crippen molar-refractivity contribution in [3.63, 3.8) is 0 Å². The highest BCUT2D eigenvalue weighted by Gasteiger charge is 2.06. The zero-order valence-corrected chi connectivity index (χ0v) is 12.1. The summed E-state index contributed by atoms with van der Waals surface area (Å²) >= 11 is 0. The molecule has 4 heteroatoms. The van der Waals surface area contributed by atoms with Gasteiger partial charge in [0.1, 0.15) is 0 Å². The zero-order chi connectivity index (χ0) is 13.8. The molecule has 0 radical (unpaired) electrons. The molecule has 0 unspecified atom stereocenters. The van der Waals surface area contributed by atoms with Crippen molar-refractivity contribution in [3.05, 3.63) is 47.0 Å². The third kappa shape index (κ3) is 3.89. The number of hydrogen-bond donors (Lipinski definition) is 1. The molecule has 2 aromatic rings. The normalized spacial score (nSPS) is 12.6. The number of aryl methyl sites for hydroxylation is 3. The molecular weight excluding hydrogens is 236 g/mol. The van der Waals surface area contributed by atoms with Gasteiger partial charge in [-0.1, -0.05) is 0 Å². The van der Waals surface area contributed by atoms with Gasteiger partial charge < -0.3 is 5.32 Å². The Balaban J connectivity index is 1.88. The summed E-state index contributed by atoms with van der Waals surface area (Å²) in [7, 11) is 0. The van der Waals surface area contributed by atoms with Gasteiger partial charge in [-0.25, -0.2) is 0 Å². The van der Waals surface area contributed by atoms with Crippen LogP contribution in [0.5, 0.6) is 0 Å². The average Bonchev–Trinajstić information content (AvgIpc) is 2.65. The fourth-order valence-electron chi connectivity index (χ4n) is 2.19. The number of hydrogen-bond acceptors (Lipinski definition) is 3. The Kier molecular flexibility index (Phi) is 4.32. The van der Waals surface area contributed by atoms with E-state index in [4.69, 9.17) is 0 Å². The summed E-state index contributed by atoms with van der Waals surface area (Å²) in [5, 5.41) is 8.01. The van der Waals surface area contributed by atoms with Gasteiger partial charge in [-0.15, -0.1) is 0 Å². The molecule has 2 aromatic heterocycles. The minimum Gasteiger partial charge on any atom is -0.308 e. The lowest BCUT2D eigenvalue weighted by Gasteiger charge is -2.15. The van der Waals surface area contributed by atoms with Crippen LogP contribution in [0.25, 0.3) is 0 Å². The standard InChI is InChI=1S/C15H22N4/c1-11-8-15(5-6-16-11)9-17-13(3)10-19-14(4)7-12(2)18-19/h5-8,13,17H,9-10H2,1-4H3/t13-/m0/s1. The van der Waals surface area contributed by atoms with Crippen molar-refractivity contribution < 1.29 is 0 Å². The molecule has 0 spiro atoms. The molecular formula is C15H22N4. The maximum atomic E-state index is 4.49. The summed E-state index contributed by atoms with van der Waals surface area (Å²) in [6, 6.07) is 6.66. The minimum absolute atomic E-state index is 0.381. The Labute approximate surface area is 114 Å². The topological polar surface area (TPSA) is 42.7 Å². The predicted molar refractivity (Wildman–Crippen MR) is 77.0 cm³/mol. The smallest absolute Gasteiger partial charge is 0.0596 e. The SMILES string of the molecule is Cc1cc(CN[C@@H](C)Cn2nc(C)cc2C)ccn1. The first-order chi connectivity index (χ1) is 9.04.